The molecule has 1 atom stereocenters. The Bertz CT molecular complexity index is 136. The molecule has 3 nitrogen and oxygen atoms in total. The van der Waals surface area contributed by atoms with Gasteiger partial charge in [-0.25, -0.2) is 0 Å². The van der Waals surface area contributed by atoms with Crippen LogP contribution in [0.15, 0.2) is 0 Å². The van der Waals surface area contributed by atoms with Crippen LogP contribution in [0.5, 0.6) is 0 Å². The standard InChI is InChI=1S/C9H19NO2/c1-9(2)6-10-4-8(5-11-3)12-7-9/h8,10H,4-7H2,1-3H3. The van der Waals surface area contributed by atoms with Gasteiger partial charge in [-0.2, -0.15) is 0 Å². The van der Waals surface area contributed by atoms with Gasteiger partial charge in [0.25, 0.3) is 0 Å². The Hall–Kier alpha value is -0.120. The van der Waals surface area contributed by atoms with Crippen LogP contribution in [0.4, 0.5) is 0 Å². The molecule has 1 aliphatic heterocycles. The van der Waals surface area contributed by atoms with E-state index in [9.17, 15) is 0 Å². The molecule has 0 aromatic heterocycles. The summed E-state index contributed by atoms with van der Waals surface area (Å²) < 4.78 is 10.7. The molecule has 0 saturated carbocycles. The number of rotatable bonds is 2. The van der Waals surface area contributed by atoms with E-state index in [1.54, 1.807) is 7.11 Å². The lowest BCUT2D eigenvalue weighted by Crippen LogP contribution is -2.31. The van der Waals surface area contributed by atoms with Gasteiger partial charge in [0.1, 0.15) is 0 Å². The maximum absolute atomic E-state index is 5.67. The summed E-state index contributed by atoms with van der Waals surface area (Å²) in [5, 5.41) is 3.37. The van der Waals surface area contributed by atoms with Crippen molar-refractivity contribution < 1.29 is 9.47 Å². The molecule has 0 aromatic carbocycles. The molecule has 0 radical (unpaired) electrons. The lowest BCUT2D eigenvalue weighted by atomic mass is 9.95. The summed E-state index contributed by atoms with van der Waals surface area (Å²) in [5.41, 5.74) is 0.252. The van der Waals surface area contributed by atoms with Gasteiger partial charge >= 0.3 is 0 Å². The van der Waals surface area contributed by atoms with Gasteiger partial charge in [0.2, 0.25) is 0 Å². The zero-order valence-corrected chi connectivity index (χ0v) is 8.22. The average Bonchev–Trinajstić information content (AvgIpc) is 2.14. The Morgan fingerprint density at radius 2 is 2.33 bits per heavy atom. The van der Waals surface area contributed by atoms with Crippen molar-refractivity contribution in [3.63, 3.8) is 0 Å². The number of hydrogen-bond acceptors (Lipinski definition) is 3. The van der Waals surface area contributed by atoms with E-state index in [2.05, 4.69) is 19.2 Å². The van der Waals surface area contributed by atoms with Crippen molar-refractivity contribution >= 4 is 0 Å². The molecule has 72 valence electrons. The van der Waals surface area contributed by atoms with Crippen LogP contribution in [0, 0.1) is 5.41 Å². The Kier molecular flexibility index (Phi) is 3.50. The first kappa shape index (κ1) is 9.96. The fraction of sp³-hybridized carbons (Fsp3) is 1.00. The Balaban J connectivity index is 2.34. The van der Waals surface area contributed by atoms with E-state index < -0.39 is 0 Å². The van der Waals surface area contributed by atoms with E-state index in [-0.39, 0.29) is 11.5 Å². The first-order valence-electron chi connectivity index (χ1n) is 4.45. The quantitative estimate of drug-likeness (QED) is 0.665. The van der Waals surface area contributed by atoms with Crippen LogP contribution in [0.3, 0.4) is 0 Å². The summed E-state index contributed by atoms with van der Waals surface area (Å²) in [6, 6.07) is 0. The van der Waals surface area contributed by atoms with E-state index in [1.165, 1.54) is 0 Å². The largest absolute Gasteiger partial charge is 0.382 e. The minimum absolute atomic E-state index is 0.219. The van der Waals surface area contributed by atoms with Crippen LogP contribution in [-0.2, 0) is 9.47 Å². The zero-order chi connectivity index (χ0) is 9.03. The molecular formula is C9H19NO2. The van der Waals surface area contributed by atoms with Gasteiger partial charge < -0.3 is 14.8 Å². The van der Waals surface area contributed by atoms with Crippen LogP contribution in [0.2, 0.25) is 0 Å². The number of hydrogen-bond donors (Lipinski definition) is 1. The molecular weight excluding hydrogens is 154 g/mol. The highest BCUT2D eigenvalue weighted by atomic mass is 16.5. The third-order valence-electron chi connectivity index (χ3n) is 2.04. The summed E-state index contributed by atoms with van der Waals surface area (Å²) in [7, 11) is 1.71. The minimum Gasteiger partial charge on any atom is -0.382 e. The molecule has 0 amide bonds. The van der Waals surface area contributed by atoms with Gasteiger partial charge in [0.05, 0.1) is 19.3 Å². The fourth-order valence-electron chi connectivity index (χ4n) is 1.32. The fourth-order valence-corrected chi connectivity index (χ4v) is 1.32. The summed E-state index contributed by atoms with van der Waals surface area (Å²) in [5.74, 6) is 0. The van der Waals surface area contributed by atoms with Crippen molar-refractivity contribution in [3.05, 3.63) is 0 Å². The second-order valence-electron chi connectivity index (χ2n) is 4.18. The Labute approximate surface area is 74.4 Å². The van der Waals surface area contributed by atoms with Gasteiger partial charge in [0, 0.05) is 25.6 Å². The van der Waals surface area contributed by atoms with Crippen molar-refractivity contribution in [1.29, 1.82) is 0 Å². The molecule has 3 heteroatoms. The summed E-state index contributed by atoms with van der Waals surface area (Å²) in [6.45, 7) is 7.83. The van der Waals surface area contributed by atoms with Crippen molar-refractivity contribution in [2.75, 3.05) is 33.4 Å². The number of methoxy groups -OCH3 is 1. The van der Waals surface area contributed by atoms with Gasteiger partial charge in [-0.15, -0.1) is 0 Å². The van der Waals surface area contributed by atoms with E-state index >= 15 is 0 Å². The molecule has 1 heterocycles. The summed E-state index contributed by atoms with van der Waals surface area (Å²) in [6.07, 6.45) is 0.219. The first-order valence-corrected chi connectivity index (χ1v) is 4.45. The predicted molar refractivity (Wildman–Crippen MR) is 48.3 cm³/mol. The molecule has 0 aromatic rings. The van der Waals surface area contributed by atoms with E-state index in [1.807, 2.05) is 0 Å². The molecule has 0 aliphatic carbocycles. The average molecular weight is 173 g/mol. The summed E-state index contributed by atoms with van der Waals surface area (Å²) in [4.78, 5) is 0. The van der Waals surface area contributed by atoms with Crippen molar-refractivity contribution in [1.82, 2.24) is 5.32 Å². The molecule has 1 saturated heterocycles. The monoisotopic (exact) mass is 173 g/mol. The maximum Gasteiger partial charge on any atom is 0.0932 e. The second kappa shape index (κ2) is 4.21. The second-order valence-corrected chi connectivity index (χ2v) is 4.18. The third-order valence-corrected chi connectivity index (χ3v) is 2.04. The van der Waals surface area contributed by atoms with Crippen molar-refractivity contribution in [2.45, 2.75) is 20.0 Å². The van der Waals surface area contributed by atoms with E-state index in [0.717, 1.165) is 19.7 Å². The number of ether oxygens (including phenoxy) is 2. The Morgan fingerprint density at radius 1 is 1.58 bits per heavy atom. The van der Waals surface area contributed by atoms with Crippen molar-refractivity contribution in [2.24, 2.45) is 5.41 Å². The molecule has 1 aliphatic rings. The van der Waals surface area contributed by atoms with Crippen LogP contribution >= 0.6 is 0 Å². The van der Waals surface area contributed by atoms with Crippen LogP contribution in [0.25, 0.3) is 0 Å². The Morgan fingerprint density at radius 3 is 3.00 bits per heavy atom. The van der Waals surface area contributed by atoms with Gasteiger partial charge in [-0.3, -0.25) is 0 Å². The van der Waals surface area contributed by atoms with Gasteiger partial charge in [0.15, 0.2) is 0 Å². The van der Waals surface area contributed by atoms with Gasteiger partial charge in [-0.1, -0.05) is 13.8 Å². The minimum atomic E-state index is 0.219. The highest BCUT2D eigenvalue weighted by Crippen LogP contribution is 2.17. The lowest BCUT2D eigenvalue weighted by molar-refractivity contribution is -0.0150. The highest BCUT2D eigenvalue weighted by molar-refractivity contribution is 4.77. The van der Waals surface area contributed by atoms with Gasteiger partial charge in [-0.05, 0) is 0 Å². The normalized spacial score (nSPS) is 29.8. The number of nitrogens with one attached hydrogen (secondary N) is 1. The maximum atomic E-state index is 5.67. The molecule has 0 bridgehead atoms. The third kappa shape index (κ3) is 3.09. The van der Waals surface area contributed by atoms with E-state index in [0.29, 0.717) is 6.61 Å². The zero-order valence-electron chi connectivity index (χ0n) is 8.22. The highest BCUT2D eigenvalue weighted by Gasteiger charge is 2.24. The molecule has 12 heavy (non-hydrogen) atoms. The molecule has 1 N–H and O–H groups in total. The topological polar surface area (TPSA) is 30.5 Å². The van der Waals surface area contributed by atoms with Crippen LogP contribution < -0.4 is 5.32 Å². The molecule has 0 spiro atoms. The molecule has 1 fully saturated rings. The predicted octanol–water partition coefficient (Wildman–Crippen LogP) is 0.647. The van der Waals surface area contributed by atoms with Crippen LogP contribution in [0.1, 0.15) is 13.8 Å². The van der Waals surface area contributed by atoms with Crippen LogP contribution in [-0.4, -0.2) is 39.5 Å². The lowest BCUT2D eigenvalue weighted by Gasteiger charge is -2.21. The van der Waals surface area contributed by atoms with E-state index in [4.69, 9.17) is 9.47 Å². The smallest absolute Gasteiger partial charge is 0.0932 e. The van der Waals surface area contributed by atoms with Crippen molar-refractivity contribution in [3.8, 4) is 0 Å². The molecule has 1 unspecified atom stereocenters. The summed E-state index contributed by atoms with van der Waals surface area (Å²) >= 11 is 0. The first-order chi connectivity index (χ1) is 5.64. The molecule has 1 rings (SSSR count). The SMILES string of the molecule is COCC1CNCC(C)(C)CO1.